The van der Waals surface area contributed by atoms with Crippen molar-refractivity contribution in [3.05, 3.63) is 50.2 Å². The first-order valence-corrected chi connectivity index (χ1v) is 7.43. The molecule has 2 aromatic heterocycles. The normalized spacial score (nSPS) is 11.1. The molecule has 2 heterocycles. The largest absolute Gasteiger partial charge is 0.477 e. The van der Waals surface area contributed by atoms with Crippen molar-refractivity contribution in [3.8, 4) is 0 Å². The smallest absolute Gasteiger partial charge is 0.347 e. The summed E-state index contributed by atoms with van der Waals surface area (Å²) in [7, 11) is 0. The first-order valence-electron chi connectivity index (χ1n) is 5.84. The molecule has 1 aromatic carbocycles. The summed E-state index contributed by atoms with van der Waals surface area (Å²) in [5.74, 6) is -0.977. The van der Waals surface area contributed by atoms with Gasteiger partial charge in [-0.05, 0) is 19.1 Å². The summed E-state index contributed by atoms with van der Waals surface area (Å²) in [6, 6.07) is 7.41. The van der Waals surface area contributed by atoms with Gasteiger partial charge in [0.05, 0.1) is 22.3 Å². The Balaban J connectivity index is 2.01. The van der Waals surface area contributed by atoms with Gasteiger partial charge in [-0.1, -0.05) is 23.7 Å². The number of hydrogen-bond acceptors (Lipinski definition) is 5. The van der Waals surface area contributed by atoms with Gasteiger partial charge in [-0.2, -0.15) is 0 Å². The van der Waals surface area contributed by atoms with E-state index in [1.165, 1.54) is 11.5 Å². The van der Waals surface area contributed by atoms with Crippen molar-refractivity contribution < 1.29 is 9.90 Å². The monoisotopic (exact) mass is 306 g/mol. The van der Waals surface area contributed by atoms with Crippen LogP contribution in [0.1, 0.15) is 20.4 Å². The molecule has 0 aliphatic rings. The second-order valence-electron chi connectivity index (χ2n) is 4.26. The zero-order valence-corrected chi connectivity index (χ0v) is 12.1. The Kier molecular flexibility index (Phi) is 3.15. The minimum Gasteiger partial charge on any atom is -0.477 e. The molecule has 7 heteroatoms. The number of carbonyl (C=O) groups is 1. The van der Waals surface area contributed by atoms with E-state index in [2.05, 4.69) is 4.98 Å². The average molecular weight is 306 g/mol. The molecule has 0 spiro atoms. The fraction of sp³-hybridized carbons (Fsp3) is 0.154. The van der Waals surface area contributed by atoms with Crippen molar-refractivity contribution in [1.82, 2.24) is 8.94 Å². The van der Waals surface area contributed by atoms with E-state index in [-0.39, 0.29) is 10.4 Å². The highest BCUT2D eigenvalue weighted by Crippen LogP contribution is 2.21. The number of thiazole rings is 1. The Hall–Kier alpha value is -1.99. The number of aromatic nitrogens is 2. The highest BCUT2D eigenvalue weighted by atomic mass is 32.1. The molecule has 0 saturated carbocycles. The molecule has 20 heavy (non-hydrogen) atoms. The van der Waals surface area contributed by atoms with E-state index >= 15 is 0 Å². The summed E-state index contributed by atoms with van der Waals surface area (Å²) in [6.45, 7) is 1.98. The molecular weight excluding hydrogens is 296 g/mol. The second-order valence-corrected chi connectivity index (χ2v) is 6.40. The summed E-state index contributed by atoms with van der Waals surface area (Å²) in [6.07, 6.45) is 0. The van der Waals surface area contributed by atoms with E-state index in [1.54, 1.807) is 16.9 Å². The van der Waals surface area contributed by atoms with Gasteiger partial charge in [0.2, 0.25) is 0 Å². The number of carboxylic acid groups (broad SMARTS) is 1. The molecule has 0 atom stereocenters. The molecule has 0 bridgehead atoms. The van der Waals surface area contributed by atoms with Gasteiger partial charge >= 0.3 is 5.97 Å². The summed E-state index contributed by atoms with van der Waals surface area (Å²) in [4.78, 5) is 27.6. The number of hydrogen-bond donors (Lipinski definition) is 1. The van der Waals surface area contributed by atoms with Crippen molar-refractivity contribution in [2.24, 2.45) is 0 Å². The zero-order chi connectivity index (χ0) is 14.3. The lowest BCUT2D eigenvalue weighted by atomic mass is 10.3. The minimum atomic E-state index is -0.977. The lowest BCUT2D eigenvalue weighted by Gasteiger charge is -1.94. The van der Waals surface area contributed by atoms with Gasteiger partial charge in [0.25, 0.3) is 5.56 Å². The molecule has 0 radical (unpaired) electrons. The molecule has 0 unspecified atom stereocenters. The number of carboxylic acids is 1. The van der Waals surface area contributed by atoms with Gasteiger partial charge < -0.3 is 5.11 Å². The molecule has 3 rings (SSSR count). The van der Waals surface area contributed by atoms with Gasteiger partial charge in [-0.15, -0.1) is 11.3 Å². The van der Waals surface area contributed by atoms with Crippen LogP contribution in [0.5, 0.6) is 0 Å². The Morgan fingerprint density at radius 1 is 1.40 bits per heavy atom. The van der Waals surface area contributed by atoms with Gasteiger partial charge in [0.15, 0.2) is 0 Å². The maximum Gasteiger partial charge on any atom is 0.347 e. The van der Waals surface area contributed by atoms with E-state index in [1.807, 2.05) is 18.2 Å². The third-order valence-corrected chi connectivity index (χ3v) is 5.06. The van der Waals surface area contributed by atoms with Gasteiger partial charge in [-0.3, -0.25) is 8.75 Å². The predicted molar refractivity (Wildman–Crippen MR) is 79.0 cm³/mol. The Bertz CT molecular complexity index is 860. The standard InChI is InChI=1S/C13H10N2O3S2/c1-7-11(13(17)18)19-10(14-7)6-15-12(16)8-4-2-3-5-9(8)20-15/h2-5H,6H2,1H3,(H,17,18). The molecule has 3 aromatic rings. The summed E-state index contributed by atoms with van der Waals surface area (Å²) in [5.41, 5.74) is 0.432. The van der Waals surface area contributed by atoms with Crippen molar-refractivity contribution in [2.75, 3.05) is 0 Å². The van der Waals surface area contributed by atoms with Crippen molar-refractivity contribution >= 4 is 38.9 Å². The Morgan fingerprint density at radius 3 is 2.80 bits per heavy atom. The number of rotatable bonds is 3. The number of benzene rings is 1. The Morgan fingerprint density at radius 2 is 2.15 bits per heavy atom. The molecule has 1 N–H and O–H groups in total. The average Bonchev–Trinajstić information content (AvgIpc) is 2.92. The van der Waals surface area contributed by atoms with Crippen LogP contribution in [0.25, 0.3) is 10.1 Å². The molecule has 0 aliphatic carbocycles. The van der Waals surface area contributed by atoms with Crippen LogP contribution < -0.4 is 5.56 Å². The summed E-state index contributed by atoms with van der Waals surface area (Å²) >= 11 is 2.48. The molecule has 5 nitrogen and oxygen atoms in total. The van der Waals surface area contributed by atoms with Crippen LogP contribution in [-0.4, -0.2) is 20.0 Å². The van der Waals surface area contributed by atoms with E-state index in [0.29, 0.717) is 22.6 Å². The number of fused-ring (bicyclic) bond motifs is 1. The van der Waals surface area contributed by atoms with Crippen molar-refractivity contribution in [2.45, 2.75) is 13.5 Å². The van der Waals surface area contributed by atoms with Gasteiger partial charge in [0.1, 0.15) is 9.88 Å². The SMILES string of the molecule is Cc1nc(Cn2sc3ccccc3c2=O)sc1C(=O)O. The molecule has 0 fully saturated rings. The van der Waals surface area contributed by atoms with Gasteiger partial charge in [-0.25, -0.2) is 9.78 Å². The van der Waals surface area contributed by atoms with Gasteiger partial charge in [0, 0.05) is 0 Å². The maximum absolute atomic E-state index is 12.2. The molecule has 0 saturated heterocycles. The van der Waals surface area contributed by atoms with Crippen molar-refractivity contribution in [3.63, 3.8) is 0 Å². The highest BCUT2D eigenvalue weighted by molar-refractivity contribution is 7.14. The third-order valence-electron chi connectivity index (χ3n) is 2.87. The lowest BCUT2D eigenvalue weighted by molar-refractivity contribution is 0.0701. The fourth-order valence-corrected chi connectivity index (χ4v) is 3.94. The van der Waals surface area contributed by atoms with Crippen molar-refractivity contribution in [1.29, 1.82) is 0 Å². The number of aromatic carboxylic acids is 1. The quantitative estimate of drug-likeness (QED) is 0.807. The molecule has 0 aliphatic heterocycles. The highest BCUT2D eigenvalue weighted by Gasteiger charge is 2.15. The van der Waals surface area contributed by atoms with Crippen LogP contribution in [0.4, 0.5) is 0 Å². The lowest BCUT2D eigenvalue weighted by Crippen LogP contribution is -2.13. The van der Waals surface area contributed by atoms with E-state index < -0.39 is 5.97 Å². The van der Waals surface area contributed by atoms with E-state index in [4.69, 9.17) is 5.11 Å². The van der Waals surface area contributed by atoms with Crippen LogP contribution in [-0.2, 0) is 6.54 Å². The second kappa shape index (κ2) is 4.84. The van der Waals surface area contributed by atoms with E-state index in [0.717, 1.165) is 16.0 Å². The van der Waals surface area contributed by atoms with Crippen LogP contribution in [0, 0.1) is 6.92 Å². The van der Waals surface area contributed by atoms with Crippen LogP contribution in [0.15, 0.2) is 29.1 Å². The molecule has 102 valence electrons. The molecule has 0 amide bonds. The summed E-state index contributed by atoms with van der Waals surface area (Å²) < 4.78 is 2.53. The van der Waals surface area contributed by atoms with E-state index in [9.17, 15) is 9.59 Å². The zero-order valence-electron chi connectivity index (χ0n) is 10.5. The number of nitrogens with zero attached hydrogens (tertiary/aromatic N) is 2. The summed E-state index contributed by atoms with van der Waals surface area (Å²) in [5, 5.41) is 10.3. The molecular formula is C13H10N2O3S2. The predicted octanol–water partition coefficient (Wildman–Crippen LogP) is 2.57. The van der Waals surface area contributed by atoms with Crippen LogP contribution in [0.2, 0.25) is 0 Å². The first-order chi connectivity index (χ1) is 9.56. The Labute approximate surface area is 121 Å². The topological polar surface area (TPSA) is 72.2 Å². The minimum absolute atomic E-state index is 0.0599. The maximum atomic E-state index is 12.2. The van der Waals surface area contributed by atoms with Crippen LogP contribution in [0.3, 0.4) is 0 Å². The fourth-order valence-electron chi connectivity index (χ4n) is 1.96. The first kappa shape index (κ1) is 13.0. The number of aryl methyl sites for hydroxylation is 1. The third kappa shape index (κ3) is 2.14. The van der Waals surface area contributed by atoms with Crippen LogP contribution >= 0.6 is 22.9 Å².